The Labute approximate surface area is 443 Å². The van der Waals surface area contributed by atoms with Gasteiger partial charge >= 0.3 is 5.97 Å². The molecule has 0 radical (unpaired) electrons. The molecule has 0 bridgehead atoms. The third kappa shape index (κ3) is 17.9. The van der Waals surface area contributed by atoms with E-state index in [-0.39, 0.29) is 5.97 Å². The van der Waals surface area contributed by atoms with E-state index < -0.39 is 0 Å². The fourth-order valence-corrected chi connectivity index (χ4v) is 9.71. The zero-order chi connectivity index (χ0) is 53.4. The lowest BCUT2D eigenvalue weighted by Crippen LogP contribution is -2.31. The summed E-state index contributed by atoms with van der Waals surface area (Å²) in [4.78, 5) is 22.0. The van der Waals surface area contributed by atoms with Gasteiger partial charge in [-0.05, 0) is 116 Å². The van der Waals surface area contributed by atoms with Crippen LogP contribution in [0.25, 0.3) is 0 Å². The normalized spacial score (nSPS) is 12.6. The molecule has 0 saturated carbocycles. The first-order valence-corrected chi connectivity index (χ1v) is 27.6. The molecule has 0 aromatic heterocycles. The number of allylic oxidation sites excluding steroid dienone is 4. The molecule has 0 heterocycles. The third-order valence-corrected chi connectivity index (χ3v) is 12.5. The minimum absolute atomic E-state index is 0.333. The van der Waals surface area contributed by atoms with Crippen LogP contribution < -0.4 is 24.2 Å². The standard InChI is InChI=1S/C65H94N6O2/c1-47(2)40-66(38-17-39-73-65(72)54(15)16)55-18-26-59(27-19-55)70(60-28-20-56(21-29-60)67(41-48(3)4)42-49(5)6)63-34-36-64(37-35-63)71(61-30-22-57(23-31-61)68(43-50(7)8)44-51(9)10)62-32-24-58(25-33-62)69(45-52(11)12)46-53(13)14/h18-37,47-53H,15,17,38-46H2,1-14,16H3/q+2. The summed E-state index contributed by atoms with van der Waals surface area (Å²) in [6.07, 6.45) is 9.88. The molecule has 0 spiro atoms. The van der Waals surface area contributed by atoms with Gasteiger partial charge in [0.15, 0.2) is 5.71 Å². The fraction of sp³-hybridized carbons (Fsp3) is 0.492. The maximum atomic E-state index is 12.1. The molecule has 0 fully saturated rings. The second-order valence-electron chi connectivity index (χ2n) is 23.4. The summed E-state index contributed by atoms with van der Waals surface area (Å²) < 4.78 is 10.4. The Hall–Kier alpha value is -5.89. The Kier molecular flexibility index (Phi) is 22.2. The average Bonchev–Trinajstić information content (AvgIpc) is 3.32. The van der Waals surface area contributed by atoms with E-state index in [0.717, 1.165) is 98.6 Å². The molecular weight excluding hydrogens is 897 g/mol. The molecular formula is C65H94N6O2+2. The Morgan fingerprint density at radius 1 is 0.452 bits per heavy atom. The zero-order valence-corrected chi connectivity index (χ0v) is 47.9. The fourth-order valence-electron chi connectivity index (χ4n) is 9.71. The summed E-state index contributed by atoms with van der Waals surface area (Å²) in [6.45, 7) is 45.7. The molecule has 4 aromatic carbocycles. The van der Waals surface area contributed by atoms with E-state index in [1.807, 2.05) is 0 Å². The van der Waals surface area contributed by atoms with Crippen molar-refractivity contribution in [3.05, 3.63) is 134 Å². The largest absolute Gasteiger partial charge is 0.462 e. The first kappa shape index (κ1) is 58.0. The Morgan fingerprint density at radius 3 is 1.12 bits per heavy atom. The molecule has 0 N–H and O–H groups in total. The van der Waals surface area contributed by atoms with Crippen molar-refractivity contribution in [1.82, 2.24) is 4.58 Å². The topological polar surface area (TPSA) is 45.3 Å². The Bertz CT molecular complexity index is 2350. The number of esters is 1. The van der Waals surface area contributed by atoms with Gasteiger partial charge in [-0.1, -0.05) is 104 Å². The highest BCUT2D eigenvalue weighted by atomic mass is 16.5. The number of anilines is 6. The monoisotopic (exact) mass is 991 g/mol. The predicted molar refractivity (Wildman–Crippen MR) is 318 cm³/mol. The van der Waals surface area contributed by atoms with Gasteiger partial charge < -0.3 is 24.3 Å². The molecule has 8 heteroatoms. The van der Waals surface area contributed by atoms with E-state index in [9.17, 15) is 4.79 Å². The molecule has 5 rings (SSSR count). The lowest BCUT2D eigenvalue weighted by Gasteiger charge is -2.31. The number of nitrogens with zero attached hydrogens (tertiary/aromatic N) is 6. The number of hydrogen-bond donors (Lipinski definition) is 0. The van der Waals surface area contributed by atoms with Crippen molar-refractivity contribution in [2.75, 3.05) is 78.6 Å². The lowest BCUT2D eigenvalue weighted by atomic mass is 10.1. The molecule has 394 valence electrons. The van der Waals surface area contributed by atoms with Gasteiger partial charge in [0.05, 0.1) is 6.61 Å². The van der Waals surface area contributed by atoms with Crippen LogP contribution in [-0.2, 0) is 9.53 Å². The molecule has 73 heavy (non-hydrogen) atoms. The van der Waals surface area contributed by atoms with Crippen molar-refractivity contribution in [2.24, 2.45) is 41.4 Å². The number of hydrogen-bond acceptors (Lipinski definition) is 6. The molecule has 0 amide bonds. The van der Waals surface area contributed by atoms with Crippen molar-refractivity contribution in [3.63, 3.8) is 0 Å². The number of benzene rings is 4. The van der Waals surface area contributed by atoms with Crippen LogP contribution in [0.3, 0.4) is 0 Å². The molecule has 0 saturated heterocycles. The maximum absolute atomic E-state index is 12.1. The highest BCUT2D eigenvalue weighted by Gasteiger charge is 2.25. The van der Waals surface area contributed by atoms with Gasteiger partial charge in [-0.15, -0.1) is 0 Å². The summed E-state index contributed by atoms with van der Waals surface area (Å²) >= 11 is 0. The van der Waals surface area contributed by atoms with Crippen LogP contribution >= 0.6 is 0 Å². The van der Waals surface area contributed by atoms with E-state index in [1.54, 1.807) is 6.92 Å². The molecule has 1 aliphatic rings. The van der Waals surface area contributed by atoms with Gasteiger partial charge in [-0.2, -0.15) is 4.58 Å². The van der Waals surface area contributed by atoms with Crippen molar-refractivity contribution >= 4 is 62.9 Å². The predicted octanol–water partition coefficient (Wildman–Crippen LogP) is 15.5. The van der Waals surface area contributed by atoms with Crippen molar-refractivity contribution in [3.8, 4) is 0 Å². The Morgan fingerprint density at radius 2 is 0.767 bits per heavy atom. The second kappa shape index (κ2) is 28.0. The number of rotatable bonds is 27. The third-order valence-electron chi connectivity index (χ3n) is 12.5. The van der Waals surface area contributed by atoms with Gasteiger partial charge in [-0.25, -0.2) is 9.37 Å². The second-order valence-corrected chi connectivity index (χ2v) is 23.4. The van der Waals surface area contributed by atoms with E-state index in [1.165, 1.54) is 17.1 Å². The van der Waals surface area contributed by atoms with Crippen molar-refractivity contribution in [2.45, 2.75) is 110 Å². The van der Waals surface area contributed by atoms with Crippen LogP contribution in [0, 0.1) is 41.4 Å². The van der Waals surface area contributed by atoms with Crippen LogP contribution in [0.1, 0.15) is 110 Å². The molecule has 0 atom stereocenters. The summed E-state index contributed by atoms with van der Waals surface area (Å²) in [7, 11) is 0. The molecule has 4 aromatic rings. The van der Waals surface area contributed by atoms with Crippen LogP contribution in [0.5, 0.6) is 0 Å². The summed E-state index contributed by atoms with van der Waals surface area (Å²) in [5, 5.41) is 0. The molecule has 0 unspecified atom stereocenters. The number of carbonyl (C=O) groups excluding carboxylic acids is 1. The zero-order valence-electron chi connectivity index (χ0n) is 47.9. The van der Waals surface area contributed by atoms with Crippen molar-refractivity contribution in [1.29, 1.82) is 0 Å². The summed E-state index contributed by atoms with van der Waals surface area (Å²) in [5.74, 6) is 3.49. The van der Waals surface area contributed by atoms with Crippen LogP contribution in [-0.4, -0.2) is 80.9 Å². The molecule has 8 nitrogen and oxygen atoms in total. The highest BCUT2D eigenvalue weighted by molar-refractivity contribution is 6.18. The van der Waals surface area contributed by atoms with E-state index >= 15 is 0 Å². The molecule has 1 aliphatic carbocycles. The summed E-state index contributed by atoms with van der Waals surface area (Å²) in [5.41, 5.74) is 11.9. The number of carbonyl (C=O) groups is 1. The van der Waals surface area contributed by atoms with E-state index in [2.05, 4.69) is 254 Å². The molecule has 0 aliphatic heterocycles. The maximum Gasteiger partial charge on any atom is 0.333 e. The van der Waals surface area contributed by atoms with Crippen LogP contribution in [0.4, 0.5) is 45.5 Å². The number of ether oxygens (including phenoxy) is 1. The summed E-state index contributed by atoms with van der Waals surface area (Å²) in [6, 6.07) is 36.5. The minimum atomic E-state index is -0.333. The first-order chi connectivity index (χ1) is 34.7. The quantitative estimate of drug-likeness (QED) is 0.0195. The lowest BCUT2D eigenvalue weighted by molar-refractivity contribution is -0.538. The van der Waals surface area contributed by atoms with Gasteiger partial charge in [0.1, 0.15) is 13.1 Å². The van der Waals surface area contributed by atoms with Gasteiger partial charge in [0.25, 0.3) is 0 Å². The highest BCUT2D eigenvalue weighted by Crippen LogP contribution is 2.38. The van der Waals surface area contributed by atoms with E-state index in [4.69, 9.17) is 4.74 Å². The van der Waals surface area contributed by atoms with Crippen LogP contribution in [0.15, 0.2) is 134 Å². The first-order valence-electron chi connectivity index (χ1n) is 27.6. The van der Waals surface area contributed by atoms with Gasteiger partial charge in [0, 0.05) is 139 Å². The van der Waals surface area contributed by atoms with E-state index in [0.29, 0.717) is 53.6 Å². The minimum Gasteiger partial charge on any atom is -0.462 e. The van der Waals surface area contributed by atoms with Crippen molar-refractivity contribution < 1.29 is 14.1 Å². The smallest absolute Gasteiger partial charge is 0.333 e. The average molecular weight is 992 g/mol. The van der Waals surface area contributed by atoms with Gasteiger partial charge in [0.2, 0.25) is 17.1 Å². The Balaban J connectivity index is 1.61. The van der Waals surface area contributed by atoms with Crippen LogP contribution in [0.2, 0.25) is 0 Å². The SMILES string of the molecule is C=C(C)C(=O)OCCCN(CC(C)C)c1ccc([N+](=C2C=CC(=[N+](CC(C)C)CC(C)C)C=C2)c2ccc(N(c3ccc(N(CC(C)C)CC(C)C)cc3)c3ccc(N(CC(C)C)CC(C)C)cc3)cc2)cc1. The van der Waals surface area contributed by atoms with Gasteiger partial charge in [-0.3, -0.25) is 0 Å².